The fraction of sp³-hybridized carbons (Fsp3) is 0.333. The molecule has 2 N–H and O–H groups in total. The third kappa shape index (κ3) is 3.47. The van der Waals surface area contributed by atoms with Crippen molar-refractivity contribution < 1.29 is 14.6 Å². The molecule has 0 fully saturated rings. The monoisotopic (exact) mass is 234 g/mol. The third-order valence-corrected chi connectivity index (χ3v) is 2.40. The first-order valence-electron chi connectivity index (χ1n) is 5.08. The summed E-state index contributed by atoms with van der Waals surface area (Å²) in [6, 6.07) is 7.30. The lowest BCUT2D eigenvalue weighted by Crippen LogP contribution is -2.30. The zero-order valence-electron chi connectivity index (χ0n) is 9.73. The first-order chi connectivity index (χ1) is 8.08. The van der Waals surface area contributed by atoms with E-state index in [1.165, 1.54) is 7.11 Å². The molecule has 0 amide bonds. The summed E-state index contributed by atoms with van der Waals surface area (Å²) in [5.74, 6) is -1.01. The second-order valence-corrected chi connectivity index (χ2v) is 3.58. The number of aryl methyl sites for hydroxylation is 1. The van der Waals surface area contributed by atoms with Gasteiger partial charge in [0.1, 0.15) is 0 Å². The summed E-state index contributed by atoms with van der Waals surface area (Å²) in [6.45, 7) is 2.01. The number of anilines is 1. The normalized spacial score (nSPS) is 11.6. The molecular formula is C12H14N2O3. The molecule has 90 valence electrons. The minimum atomic E-state index is -1.01. The third-order valence-electron chi connectivity index (χ3n) is 2.40. The van der Waals surface area contributed by atoms with Crippen molar-refractivity contribution in [2.75, 3.05) is 19.0 Å². The molecule has 0 spiro atoms. The van der Waals surface area contributed by atoms with E-state index in [-0.39, 0.29) is 6.54 Å². The van der Waals surface area contributed by atoms with Gasteiger partial charge in [0.05, 0.1) is 18.2 Å². The van der Waals surface area contributed by atoms with Gasteiger partial charge in [-0.3, -0.25) is 0 Å². The topological polar surface area (TPSA) is 82.3 Å². The highest BCUT2D eigenvalue weighted by Gasteiger charge is 2.15. The Balaban J connectivity index is 2.67. The molecule has 1 aromatic carbocycles. The largest absolute Gasteiger partial charge is 0.479 e. The minimum Gasteiger partial charge on any atom is -0.479 e. The van der Waals surface area contributed by atoms with Gasteiger partial charge < -0.3 is 15.2 Å². The lowest BCUT2D eigenvalue weighted by Gasteiger charge is -2.13. The maximum atomic E-state index is 10.7. The minimum absolute atomic E-state index is 0.178. The number of nitriles is 1. The molecule has 5 heteroatoms. The molecule has 1 atom stereocenters. The number of methoxy groups -OCH3 is 1. The van der Waals surface area contributed by atoms with Crippen LogP contribution in [-0.4, -0.2) is 30.8 Å². The highest BCUT2D eigenvalue weighted by atomic mass is 16.5. The molecule has 0 aliphatic heterocycles. The number of hydrogen-bond donors (Lipinski definition) is 2. The van der Waals surface area contributed by atoms with Crippen LogP contribution in [0.5, 0.6) is 0 Å². The van der Waals surface area contributed by atoms with Gasteiger partial charge in [0, 0.05) is 12.8 Å². The summed E-state index contributed by atoms with van der Waals surface area (Å²) in [5.41, 5.74) is 2.23. The maximum absolute atomic E-state index is 10.7. The van der Waals surface area contributed by atoms with Crippen molar-refractivity contribution in [3.8, 4) is 6.07 Å². The smallest absolute Gasteiger partial charge is 0.334 e. The summed E-state index contributed by atoms with van der Waals surface area (Å²) in [6.07, 6.45) is -0.883. The Morgan fingerprint density at radius 3 is 2.82 bits per heavy atom. The van der Waals surface area contributed by atoms with Crippen LogP contribution in [-0.2, 0) is 9.53 Å². The first kappa shape index (κ1) is 13.0. The number of carboxylic acids is 1. The van der Waals surface area contributed by atoms with Crippen LogP contribution in [0.3, 0.4) is 0 Å². The molecule has 1 rings (SSSR count). The second kappa shape index (κ2) is 5.87. The van der Waals surface area contributed by atoms with Crippen LogP contribution >= 0.6 is 0 Å². The van der Waals surface area contributed by atoms with Gasteiger partial charge in [0.25, 0.3) is 0 Å². The average molecular weight is 234 g/mol. The molecule has 0 aliphatic carbocycles. The predicted octanol–water partition coefficient (Wildman–Crippen LogP) is 1.38. The number of carbonyl (C=O) groups is 1. The number of nitrogens with zero attached hydrogens (tertiary/aromatic N) is 1. The number of hydrogen-bond acceptors (Lipinski definition) is 4. The van der Waals surface area contributed by atoms with Crippen LogP contribution < -0.4 is 5.32 Å². The molecule has 0 saturated carbocycles. The van der Waals surface area contributed by atoms with Crippen LogP contribution in [0.4, 0.5) is 5.69 Å². The van der Waals surface area contributed by atoms with E-state index < -0.39 is 12.1 Å². The van der Waals surface area contributed by atoms with Gasteiger partial charge >= 0.3 is 5.97 Å². The van der Waals surface area contributed by atoms with Gasteiger partial charge in [-0.15, -0.1) is 0 Å². The van der Waals surface area contributed by atoms with Gasteiger partial charge in [-0.2, -0.15) is 5.26 Å². The second-order valence-electron chi connectivity index (χ2n) is 3.58. The molecule has 0 bridgehead atoms. The lowest BCUT2D eigenvalue weighted by molar-refractivity contribution is -0.147. The van der Waals surface area contributed by atoms with Crippen LogP contribution in [0.15, 0.2) is 18.2 Å². The van der Waals surface area contributed by atoms with Crippen LogP contribution in [0.25, 0.3) is 0 Å². The van der Waals surface area contributed by atoms with Gasteiger partial charge in [0.15, 0.2) is 6.10 Å². The van der Waals surface area contributed by atoms with Crippen molar-refractivity contribution in [2.24, 2.45) is 0 Å². The molecule has 0 heterocycles. The van der Waals surface area contributed by atoms with E-state index in [4.69, 9.17) is 15.1 Å². The SMILES string of the molecule is COC(CNc1ccc(C#N)c(C)c1)C(=O)O. The van der Waals surface area contributed by atoms with Crippen molar-refractivity contribution in [3.63, 3.8) is 0 Å². The fourth-order valence-corrected chi connectivity index (χ4v) is 1.38. The Kier molecular flexibility index (Phi) is 4.49. The number of aliphatic carboxylic acids is 1. The van der Waals surface area contributed by atoms with Crippen LogP contribution in [0, 0.1) is 18.3 Å². The van der Waals surface area contributed by atoms with Crippen molar-refractivity contribution in [1.82, 2.24) is 0 Å². The molecular weight excluding hydrogens is 220 g/mol. The van der Waals surface area contributed by atoms with Crippen molar-refractivity contribution in [1.29, 1.82) is 5.26 Å². The van der Waals surface area contributed by atoms with E-state index in [1.807, 2.05) is 6.92 Å². The van der Waals surface area contributed by atoms with E-state index in [0.717, 1.165) is 11.3 Å². The quantitative estimate of drug-likeness (QED) is 0.804. The summed E-state index contributed by atoms with van der Waals surface area (Å²) in [7, 11) is 1.35. The molecule has 0 radical (unpaired) electrons. The summed E-state index contributed by atoms with van der Waals surface area (Å²) < 4.78 is 4.79. The molecule has 17 heavy (non-hydrogen) atoms. The lowest BCUT2D eigenvalue weighted by atomic mass is 10.1. The van der Waals surface area contributed by atoms with Crippen molar-refractivity contribution in [2.45, 2.75) is 13.0 Å². The van der Waals surface area contributed by atoms with E-state index in [0.29, 0.717) is 5.56 Å². The number of carboxylic acid groups (broad SMARTS) is 1. The van der Waals surface area contributed by atoms with Crippen molar-refractivity contribution in [3.05, 3.63) is 29.3 Å². The van der Waals surface area contributed by atoms with Gasteiger partial charge in [-0.1, -0.05) is 0 Å². The number of nitrogens with one attached hydrogen (secondary N) is 1. The maximum Gasteiger partial charge on any atom is 0.334 e. The predicted molar refractivity (Wildman–Crippen MR) is 62.8 cm³/mol. The number of rotatable bonds is 5. The standard InChI is InChI=1S/C12H14N2O3/c1-8-5-10(4-3-9(8)6-13)14-7-11(17-2)12(15)16/h3-5,11,14H,7H2,1-2H3,(H,15,16). The summed E-state index contributed by atoms with van der Waals surface area (Å²) >= 11 is 0. The molecule has 1 aromatic rings. The van der Waals surface area contributed by atoms with E-state index in [2.05, 4.69) is 11.4 Å². The van der Waals surface area contributed by atoms with E-state index in [1.54, 1.807) is 18.2 Å². The van der Waals surface area contributed by atoms with Crippen molar-refractivity contribution >= 4 is 11.7 Å². The first-order valence-corrected chi connectivity index (χ1v) is 5.08. The molecule has 0 aromatic heterocycles. The average Bonchev–Trinajstić information content (AvgIpc) is 2.29. The fourth-order valence-electron chi connectivity index (χ4n) is 1.38. The Morgan fingerprint density at radius 2 is 2.35 bits per heavy atom. The number of ether oxygens (including phenoxy) is 1. The number of benzene rings is 1. The zero-order valence-corrected chi connectivity index (χ0v) is 9.73. The van der Waals surface area contributed by atoms with Gasteiger partial charge in [0.2, 0.25) is 0 Å². The van der Waals surface area contributed by atoms with E-state index in [9.17, 15) is 4.79 Å². The molecule has 5 nitrogen and oxygen atoms in total. The zero-order chi connectivity index (χ0) is 12.8. The van der Waals surface area contributed by atoms with Gasteiger partial charge in [-0.25, -0.2) is 4.79 Å². The summed E-state index contributed by atoms with van der Waals surface area (Å²) in [4.78, 5) is 10.7. The Bertz CT molecular complexity index is 452. The molecule has 0 saturated heterocycles. The summed E-state index contributed by atoms with van der Waals surface area (Å²) in [5, 5.41) is 20.5. The van der Waals surface area contributed by atoms with Crippen LogP contribution in [0.1, 0.15) is 11.1 Å². The Hall–Kier alpha value is -2.06. The van der Waals surface area contributed by atoms with Gasteiger partial charge in [-0.05, 0) is 30.7 Å². The van der Waals surface area contributed by atoms with E-state index >= 15 is 0 Å². The molecule has 0 aliphatic rings. The molecule has 1 unspecified atom stereocenters. The Morgan fingerprint density at radius 1 is 1.65 bits per heavy atom. The highest BCUT2D eigenvalue weighted by Crippen LogP contribution is 2.14. The van der Waals surface area contributed by atoms with Crippen LogP contribution in [0.2, 0.25) is 0 Å². The highest BCUT2D eigenvalue weighted by molar-refractivity contribution is 5.73. The Labute approximate surface area is 99.6 Å².